The third-order valence-corrected chi connectivity index (χ3v) is 3.68. The Morgan fingerprint density at radius 1 is 1.50 bits per heavy atom. The molecule has 4 nitrogen and oxygen atoms in total. The second-order valence-electron chi connectivity index (χ2n) is 3.96. The third-order valence-electron chi connectivity index (χ3n) is 2.60. The average molecular weight is 262 g/mol. The van der Waals surface area contributed by atoms with Gasteiger partial charge in [0.1, 0.15) is 4.88 Å². The van der Waals surface area contributed by atoms with E-state index in [9.17, 15) is 4.79 Å². The molecule has 2 heterocycles. The SMILES string of the molecule is Cc1sc(C(=O)O)cc1CNCc1cccnc1. The number of rotatable bonds is 5. The van der Waals surface area contributed by atoms with Crippen LogP contribution in [-0.2, 0) is 13.1 Å². The number of hydrogen-bond acceptors (Lipinski definition) is 4. The molecule has 0 aliphatic heterocycles. The van der Waals surface area contributed by atoms with E-state index in [4.69, 9.17) is 5.11 Å². The highest BCUT2D eigenvalue weighted by Crippen LogP contribution is 2.21. The molecule has 0 saturated heterocycles. The molecule has 2 N–H and O–H groups in total. The van der Waals surface area contributed by atoms with Crippen LogP contribution in [0.2, 0.25) is 0 Å². The van der Waals surface area contributed by atoms with Gasteiger partial charge in [0.15, 0.2) is 0 Å². The van der Waals surface area contributed by atoms with Gasteiger partial charge in [-0.15, -0.1) is 11.3 Å². The van der Waals surface area contributed by atoms with Gasteiger partial charge >= 0.3 is 5.97 Å². The Morgan fingerprint density at radius 3 is 2.94 bits per heavy atom. The van der Waals surface area contributed by atoms with Gasteiger partial charge in [-0.25, -0.2) is 4.79 Å². The van der Waals surface area contributed by atoms with Crippen molar-refractivity contribution in [1.82, 2.24) is 10.3 Å². The number of aromatic nitrogens is 1. The van der Waals surface area contributed by atoms with Crippen molar-refractivity contribution in [2.24, 2.45) is 0 Å². The lowest BCUT2D eigenvalue weighted by atomic mass is 10.2. The minimum atomic E-state index is -0.860. The average Bonchev–Trinajstić information content (AvgIpc) is 2.73. The molecule has 2 rings (SSSR count). The molecule has 0 atom stereocenters. The summed E-state index contributed by atoms with van der Waals surface area (Å²) in [5.41, 5.74) is 2.16. The smallest absolute Gasteiger partial charge is 0.345 e. The van der Waals surface area contributed by atoms with Crippen molar-refractivity contribution in [2.75, 3.05) is 0 Å². The monoisotopic (exact) mass is 262 g/mol. The van der Waals surface area contributed by atoms with Crippen molar-refractivity contribution in [3.8, 4) is 0 Å². The molecule has 94 valence electrons. The first kappa shape index (κ1) is 12.7. The van der Waals surface area contributed by atoms with Crippen molar-refractivity contribution >= 4 is 17.3 Å². The van der Waals surface area contributed by atoms with E-state index in [1.54, 1.807) is 12.3 Å². The van der Waals surface area contributed by atoms with Crippen LogP contribution in [0.1, 0.15) is 25.7 Å². The minimum Gasteiger partial charge on any atom is -0.477 e. The van der Waals surface area contributed by atoms with Gasteiger partial charge in [-0.3, -0.25) is 4.98 Å². The maximum Gasteiger partial charge on any atom is 0.345 e. The van der Waals surface area contributed by atoms with Crippen molar-refractivity contribution in [3.63, 3.8) is 0 Å². The number of nitrogens with zero attached hydrogens (tertiary/aromatic N) is 1. The van der Waals surface area contributed by atoms with Crippen LogP contribution >= 0.6 is 11.3 Å². The number of carboxylic acid groups (broad SMARTS) is 1. The summed E-state index contributed by atoms with van der Waals surface area (Å²) < 4.78 is 0. The van der Waals surface area contributed by atoms with Crippen molar-refractivity contribution in [3.05, 3.63) is 51.5 Å². The van der Waals surface area contributed by atoms with E-state index in [-0.39, 0.29) is 0 Å². The second-order valence-corrected chi connectivity index (χ2v) is 5.22. The van der Waals surface area contributed by atoms with Crippen LogP contribution in [0, 0.1) is 6.92 Å². The molecule has 18 heavy (non-hydrogen) atoms. The molecular weight excluding hydrogens is 248 g/mol. The lowest BCUT2D eigenvalue weighted by Gasteiger charge is -2.03. The predicted octanol–water partition coefficient (Wildman–Crippen LogP) is 2.44. The van der Waals surface area contributed by atoms with Crippen LogP contribution in [-0.4, -0.2) is 16.1 Å². The van der Waals surface area contributed by atoms with E-state index in [0.29, 0.717) is 11.4 Å². The quantitative estimate of drug-likeness (QED) is 0.868. The third kappa shape index (κ3) is 3.15. The van der Waals surface area contributed by atoms with Gasteiger partial charge in [0.2, 0.25) is 0 Å². The summed E-state index contributed by atoms with van der Waals surface area (Å²) in [5, 5.41) is 12.2. The molecule has 0 saturated carbocycles. The zero-order chi connectivity index (χ0) is 13.0. The van der Waals surface area contributed by atoms with E-state index in [1.807, 2.05) is 25.3 Å². The number of carbonyl (C=O) groups is 1. The number of hydrogen-bond donors (Lipinski definition) is 2. The molecule has 0 aliphatic rings. The summed E-state index contributed by atoms with van der Waals surface area (Å²) >= 11 is 1.32. The molecule has 0 spiro atoms. The van der Waals surface area contributed by atoms with Crippen molar-refractivity contribution in [2.45, 2.75) is 20.0 Å². The molecule has 2 aromatic rings. The Labute approximate surface area is 109 Å². The Balaban J connectivity index is 1.92. The van der Waals surface area contributed by atoms with Gasteiger partial charge in [0, 0.05) is 30.4 Å². The van der Waals surface area contributed by atoms with E-state index in [0.717, 1.165) is 22.5 Å². The number of aromatic carboxylic acids is 1. The molecule has 5 heteroatoms. The number of pyridine rings is 1. The molecular formula is C13H14N2O2S. The molecule has 0 fully saturated rings. The van der Waals surface area contributed by atoms with Crippen LogP contribution in [0.3, 0.4) is 0 Å². The Bertz CT molecular complexity index is 537. The van der Waals surface area contributed by atoms with E-state index < -0.39 is 5.97 Å². The second kappa shape index (κ2) is 5.75. The summed E-state index contributed by atoms with van der Waals surface area (Å²) in [4.78, 5) is 16.3. The van der Waals surface area contributed by atoms with Crippen LogP contribution in [0.5, 0.6) is 0 Å². The lowest BCUT2D eigenvalue weighted by Crippen LogP contribution is -2.12. The summed E-state index contributed by atoms with van der Waals surface area (Å²) in [5.74, 6) is -0.860. The van der Waals surface area contributed by atoms with Crippen molar-refractivity contribution in [1.29, 1.82) is 0 Å². The van der Waals surface area contributed by atoms with Gasteiger partial charge in [0.05, 0.1) is 0 Å². The van der Waals surface area contributed by atoms with E-state index >= 15 is 0 Å². The Morgan fingerprint density at radius 2 is 2.33 bits per heavy atom. The Hall–Kier alpha value is -1.72. The number of carboxylic acids is 1. The predicted molar refractivity (Wildman–Crippen MR) is 70.8 cm³/mol. The molecule has 0 unspecified atom stereocenters. The highest BCUT2D eigenvalue weighted by molar-refractivity contribution is 7.14. The maximum absolute atomic E-state index is 10.8. The molecule has 0 aromatic carbocycles. The largest absolute Gasteiger partial charge is 0.477 e. The summed E-state index contributed by atoms with van der Waals surface area (Å²) in [6.45, 7) is 3.34. The zero-order valence-electron chi connectivity index (χ0n) is 10.0. The van der Waals surface area contributed by atoms with Gasteiger partial charge in [-0.2, -0.15) is 0 Å². The van der Waals surface area contributed by atoms with E-state index in [1.165, 1.54) is 11.3 Å². The molecule has 0 radical (unpaired) electrons. The van der Waals surface area contributed by atoms with E-state index in [2.05, 4.69) is 10.3 Å². The van der Waals surface area contributed by atoms with Crippen LogP contribution in [0.15, 0.2) is 30.6 Å². The standard InChI is InChI=1S/C13H14N2O2S/c1-9-11(5-12(18-9)13(16)17)8-15-7-10-3-2-4-14-6-10/h2-6,15H,7-8H2,1H3,(H,16,17). The van der Waals surface area contributed by atoms with Gasteiger partial charge in [-0.05, 0) is 30.2 Å². The fourth-order valence-corrected chi connectivity index (χ4v) is 2.53. The first-order chi connectivity index (χ1) is 8.66. The summed E-state index contributed by atoms with van der Waals surface area (Å²) in [7, 11) is 0. The Kier molecular flexibility index (Phi) is 4.07. The molecule has 0 aliphatic carbocycles. The van der Waals surface area contributed by atoms with Crippen LogP contribution in [0.4, 0.5) is 0 Å². The highest BCUT2D eigenvalue weighted by Gasteiger charge is 2.10. The van der Waals surface area contributed by atoms with Crippen LogP contribution < -0.4 is 5.32 Å². The van der Waals surface area contributed by atoms with Gasteiger partial charge < -0.3 is 10.4 Å². The minimum absolute atomic E-state index is 0.394. The molecule has 0 amide bonds. The number of thiophene rings is 1. The molecule has 2 aromatic heterocycles. The topological polar surface area (TPSA) is 62.2 Å². The zero-order valence-corrected chi connectivity index (χ0v) is 10.8. The highest BCUT2D eigenvalue weighted by atomic mass is 32.1. The van der Waals surface area contributed by atoms with Gasteiger partial charge in [-0.1, -0.05) is 6.07 Å². The first-order valence-electron chi connectivity index (χ1n) is 5.59. The fourth-order valence-electron chi connectivity index (χ4n) is 1.64. The van der Waals surface area contributed by atoms with Gasteiger partial charge in [0.25, 0.3) is 0 Å². The number of nitrogens with one attached hydrogen (secondary N) is 1. The molecule has 0 bridgehead atoms. The van der Waals surface area contributed by atoms with Crippen molar-refractivity contribution < 1.29 is 9.90 Å². The first-order valence-corrected chi connectivity index (χ1v) is 6.40. The summed E-state index contributed by atoms with van der Waals surface area (Å²) in [6.07, 6.45) is 3.56. The normalized spacial score (nSPS) is 10.5. The number of aryl methyl sites for hydroxylation is 1. The maximum atomic E-state index is 10.8. The fraction of sp³-hybridized carbons (Fsp3) is 0.231. The van der Waals surface area contributed by atoms with Crippen LogP contribution in [0.25, 0.3) is 0 Å². The summed E-state index contributed by atoms with van der Waals surface area (Å²) in [6, 6.07) is 5.64. The lowest BCUT2D eigenvalue weighted by molar-refractivity contribution is 0.0702.